The molecule has 0 saturated heterocycles. The maximum Gasteiger partial charge on any atom is 0.380 e. The van der Waals surface area contributed by atoms with Gasteiger partial charge in [0.1, 0.15) is 0 Å². The van der Waals surface area contributed by atoms with Gasteiger partial charge >= 0.3 is 17.8 Å². The Morgan fingerprint density at radius 2 is 1.54 bits per heavy atom. The molecule has 0 fully saturated rings. The molecule has 5 rings (SSSR count). The van der Waals surface area contributed by atoms with Crippen LogP contribution in [0.5, 0.6) is 11.5 Å². The molecular weight excluding hydrogens is 364 g/mol. The molecule has 2 heterocycles. The lowest BCUT2D eigenvalue weighted by molar-refractivity contribution is -0.302. The fourth-order valence-corrected chi connectivity index (χ4v) is 3.48. The number of nitrogens with zero attached hydrogens (tertiary/aromatic N) is 1. The van der Waals surface area contributed by atoms with Crippen LogP contribution in [0.2, 0.25) is 0 Å². The van der Waals surface area contributed by atoms with Crippen molar-refractivity contribution >= 4 is 21.7 Å². The van der Waals surface area contributed by atoms with Crippen molar-refractivity contribution in [2.75, 3.05) is 6.79 Å². The van der Waals surface area contributed by atoms with Gasteiger partial charge in [-0.25, -0.2) is 0 Å². The minimum atomic E-state index is -5.54. The van der Waals surface area contributed by atoms with E-state index in [1.165, 1.54) is 12.1 Å². The molecule has 2 aromatic carbocycles. The molecule has 0 amide bonds. The summed E-state index contributed by atoms with van der Waals surface area (Å²) in [5.74, 6) is -14.8. The fraction of sp³-hybridized carbons (Fsp3) is 0.235. The molecule has 3 nitrogen and oxygen atoms in total. The summed E-state index contributed by atoms with van der Waals surface area (Å²) in [7, 11) is 0. The van der Waals surface area contributed by atoms with E-state index >= 15 is 0 Å². The van der Waals surface area contributed by atoms with E-state index in [0.29, 0.717) is 28.5 Å². The summed E-state index contributed by atoms with van der Waals surface area (Å²) < 4.78 is 94.3. The molecule has 0 spiro atoms. The highest BCUT2D eigenvalue weighted by atomic mass is 19.3. The molecule has 134 valence electrons. The summed E-state index contributed by atoms with van der Waals surface area (Å²) in [6.45, 7) is -0.0249. The molecule has 1 aliphatic carbocycles. The Kier molecular flexibility index (Phi) is 2.59. The first-order chi connectivity index (χ1) is 12.2. The normalized spacial score (nSPS) is 21.3. The van der Waals surface area contributed by atoms with Gasteiger partial charge in [0.05, 0.1) is 11.1 Å². The van der Waals surface area contributed by atoms with Crippen molar-refractivity contribution in [2.45, 2.75) is 17.8 Å². The van der Waals surface area contributed by atoms with E-state index < -0.39 is 34.3 Å². The Labute approximate surface area is 141 Å². The van der Waals surface area contributed by atoms with Gasteiger partial charge in [-0.1, -0.05) is 12.1 Å². The third-order valence-corrected chi connectivity index (χ3v) is 4.79. The Morgan fingerprint density at radius 1 is 0.846 bits per heavy atom. The number of benzene rings is 2. The van der Waals surface area contributed by atoms with Crippen molar-refractivity contribution in [1.82, 2.24) is 4.98 Å². The number of halogens is 6. The number of alkyl halides is 6. The molecule has 0 bridgehead atoms. The van der Waals surface area contributed by atoms with Crippen LogP contribution in [-0.2, 0) is 11.8 Å². The van der Waals surface area contributed by atoms with Crippen LogP contribution >= 0.6 is 0 Å². The summed E-state index contributed by atoms with van der Waals surface area (Å²) in [5.41, 5.74) is -2.94. The predicted octanol–water partition coefficient (Wildman–Crippen LogP) is 4.95. The zero-order chi connectivity index (χ0) is 18.5. The topological polar surface area (TPSA) is 31.4 Å². The van der Waals surface area contributed by atoms with E-state index in [-0.39, 0.29) is 12.3 Å². The maximum absolute atomic E-state index is 14.3. The summed E-state index contributed by atoms with van der Waals surface area (Å²) in [6.07, 6.45) is 0.399. The number of aromatic nitrogens is 1. The molecule has 1 aromatic heterocycles. The quantitative estimate of drug-likeness (QED) is 0.414. The minimum Gasteiger partial charge on any atom is -0.454 e. The van der Waals surface area contributed by atoms with Crippen LogP contribution in [0.4, 0.5) is 26.3 Å². The lowest BCUT2D eigenvalue weighted by Crippen LogP contribution is -2.43. The number of hydrogen-bond donors (Lipinski definition) is 0. The van der Waals surface area contributed by atoms with Crippen molar-refractivity contribution in [3.63, 3.8) is 0 Å². The van der Waals surface area contributed by atoms with Crippen molar-refractivity contribution < 1.29 is 35.8 Å². The van der Waals surface area contributed by atoms with Crippen LogP contribution in [0.3, 0.4) is 0 Å². The second kappa shape index (κ2) is 4.33. The average molecular weight is 371 g/mol. The van der Waals surface area contributed by atoms with Gasteiger partial charge < -0.3 is 9.47 Å². The monoisotopic (exact) mass is 371 g/mol. The van der Waals surface area contributed by atoms with Gasteiger partial charge in [0, 0.05) is 22.5 Å². The van der Waals surface area contributed by atoms with Gasteiger partial charge in [0.15, 0.2) is 11.5 Å². The first-order valence-electron chi connectivity index (χ1n) is 7.46. The smallest absolute Gasteiger partial charge is 0.380 e. The number of ether oxygens (including phenoxy) is 2. The van der Waals surface area contributed by atoms with Gasteiger partial charge in [-0.15, -0.1) is 0 Å². The van der Waals surface area contributed by atoms with Gasteiger partial charge in [0.2, 0.25) is 6.79 Å². The van der Waals surface area contributed by atoms with E-state index in [4.69, 9.17) is 9.47 Å². The minimum absolute atomic E-state index is 0.0249. The van der Waals surface area contributed by atoms with Crippen molar-refractivity contribution in [1.29, 1.82) is 0 Å². The molecule has 0 saturated carbocycles. The maximum atomic E-state index is 14.3. The van der Waals surface area contributed by atoms with Crippen LogP contribution in [0.1, 0.15) is 11.1 Å². The molecule has 2 aliphatic rings. The zero-order valence-corrected chi connectivity index (χ0v) is 12.6. The van der Waals surface area contributed by atoms with E-state index in [2.05, 4.69) is 4.98 Å². The molecule has 3 aromatic rings. The van der Waals surface area contributed by atoms with Crippen LogP contribution < -0.4 is 9.47 Å². The van der Waals surface area contributed by atoms with Crippen molar-refractivity contribution in [3.8, 4) is 11.5 Å². The second-order valence-corrected chi connectivity index (χ2v) is 6.16. The second-order valence-electron chi connectivity index (χ2n) is 6.16. The number of pyridine rings is 1. The van der Waals surface area contributed by atoms with E-state index in [0.717, 1.165) is 6.07 Å². The Hall–Kier alpha value is -2.71. The van der Waals surface area contributed by atoms with Crippen molar-refractivity contribution in [2.24, 2.45) is 0 Å². The summed E-state index contributed by atoms with van der Waals surface area (Å²) >= 11 is 0. The molecule has 0 N–H and O–H groups in total. The third-order valence-electron chi connectivity index (χ3n) is 4.79. The predicted molar refractivity (Wildman–Crippen MR) is 78.1 cm³/mol. The van der Waals surface area contributed by atoms with Gasteiger partial charge in [-0.05, 0) is 17.5 Å². The Bertz CT molecular complexity index is 1110. The largest absolute Gasteiger partial charge is 0.454 e. The molecule has 1 aliphatic heterocycles. The number of rotatable bonds is 0. The van der Waals surface area contributed by atoms with Crippen LogP contribution in [-0.4, -0.2) is 17.7 Å². The SMILES string of the molecule is FC1(F)c2cnc3c(ccc4cc5c(cc43)OCO5)c2C(F)(F)C1(F)F. The summed E-state index contributed by atoms with van der Waals surface area (Å²) in [4.78, 5) is 3.79. The van der Waals surface area contributed by atoms with E-state index in [1.54, 1.807) is 6.07 Å². The third kappa shape index (κ3) is 1.55. The Morgan fingerprint density at radius 3 is 2.27 bits per heavy atom. The average Bonchev–Trinajstić information content (AvgIpc) is 3.08. The highest BCUT2D eigenvalue weighted by Gasteiger charge is 2.79. The lowest BCUT2D eigenvalue weighted by atomic mass is 9.99. The van der Waals surface area contributed by atoms with Crippen molar-refractivity contribution in [3.05, 3.63) is 41.6 Å². The van der Waals surface area contributed by atoms with Gasteiger partial charge in [-0.2, -0.15) is 26.3 Å². The van der Waals surface area contributed by atoms with Gasteiger partial charge in [-0.3, -0.25) is 4.98 Å². The van der Waals surface area contributed by atoms with E-state index in [1.807, 2.05) is 0 Å². The highest BCUT2D eigenvalue weighted by Crippen LogP contribution is 2.64. The molecule has 0 atom stereocenters. The standard InChI is InChI=1S/C17H7F6NO2/c18-15(19)10-5-24-14-8(13(10)16(20,21)17(15,22)23)2-1-7-3-11-12(4-9(7)14)26-6-25-11/h1-5H,6H2. The number of fused-ring (bicyclic) bond motifs is 6. The molecular formula is C17H7F6NO2. The first-order valence-corrected chi connectivity index (χ1v) is 7.46. The van der Waals surface area contributed by atoms with E-state index in [9.17, 15) is 26.3 Å². The molecule has 0 radical (unpaired) electrons. The molecule has 9 heteroatoms. The molecule has 0 unspecified atom stereocenters. The van der Waals surface area contributed by atoms with Crippen LogP contribution in [0.15, 0.2) is 30.5 Å². The summed E-state index contributed by atoms with van der Waals surface area (Å²) in [6, 6.07) is 5.50. The first kappa shape index (κ1) is 15.5. The molecule has 26 heavy (non-hydrogen) atoms. The zero-order valence-electron chi connectivity index (χ0n) is 12.6. The fourth-order valence-electron chi connectivity index (χ4n) is 3.48. The lowest BCUT2D eigenvalue weighted by Gasteiger charge is -2.23. The Balaban J connectivity index is 1.91. The number of hydrogen-bond acceptors (Lipinski definition) is 3. The highest BCUT2D eigenvalue weighted by molar-refractivity contribution is 6.08. The summed E-state index contributed by atoms with van der Waals surface area (Å²) in [5, 5.41) is 0.383. The van der Waals surface area contributed by atoms with Crippen LogP contribution in [0.25, 0.3) is 21.7 Å². The van der Waals surface area contributed by atoms with Crippen LogP contribution in [0, 0.1) is 0 Å². The van der Waals surface area contributed by atoms with Gasteiger partial charge in [0.25, 0.3) is 0 Å².